The van der Waals surface area contributed by atoms with E-state index in [1.165, 1.54) is 10.4 Å². The van der Waals surface area contributed by atoms with Crippen LogP contribution in [0.25, 0.3) is 10.2 Å². The SMILES string of the molecule is CCN(C)C1CCC(Oc2ncnc3sc4c(c23)[C@@H](C[C@H](OC)C(N)=O)CC4)CC1. The first kappa shape index (κ1) is 21.5. The van der Waals surface area contributed by atoms with Crippen LogP contribution in [-0.4, -0.2) is 59.7 Å². The average Bonchev–Trinajstić information content (AvgIpc) is 3.31. The second-order valence-corrected chi connectivity index (χ2v) is 9.60. The number of rotatable bonds is 8. The fourth-order valence-electron chi connectivity index (χ4n) is 4.97. The number of aryl methyl sites for hydroxylation is 1. The Hall–Kier alpha value is -1.77. The first-order valence-electron chi connectivity index (χ1n) is 11.0. The third kappa shape index (κ3) is 4.18. The van der Waals surface area contributed by atoms with Crippen molar-refractivity contribution in [1.82, 2.24) is 14.9 Å². The van der Waals surface area contributed by atoms with E-state index >= 15 is 0 Å². The van der Waals surface area contributed by atoms with E-state index in [0.29, 0.717) is 18.3 Å². The molecule has 2 aromatic heterocycles. The van der Waals surface area contributed by atoms with Crippen LogP contribution >= 0.6 is 11.3 Å². The molecule has 0 radical (unpaired) electrons. The number of nitrogens with two attached hydrogens (primary N) is 1. The van der Waals surface area contributed by atoms with Gasteiger partial charge < -0.3 is 20.1 Å². The first-order chi connectivity index (χ1) is 14.5. The number of ether oxygens (including phenoxy) is 2. The van der Waals surface area contributed by atoms with E-state index in [2.05, 4.69) is 28.8 Å². The molecule has 0 aromatic carbocycles. The molecule has 2 N–H and O–H groups in total. The molecular formula is C22H32N4O3S. The average molecular weight is 433 g/mol. The van der Waals surface area contributed by atoms with E-state index in [-0.39, 0.29) is 12.0 Å². The summed E-state index contributed by atoms with van der Waals surface area (Å²) in [5.74, 6) is 0.505. The van der Waals surface area contributed by atoms with Crippen molar-refractivity contribution in [3.8, 4) is 5.88 Å². The van der Waals surface area contributed by atoms with Gasteiger partial charge in [0.15, 0.2) is 0 Å². The van der Waals surface area contributed by atoms with Crippen LogP contribution in [0.1, 0.15) is 61.8 Å². The lowest BCUT2D eigenvalue weighted by Crippen LogP contribution is -2.37. The molecule has 1 saturated carbocycles. The minimum absolute atomic E-state index is 0.192. The number of carbonyl (C=O) groups excluding carboxylic acids is 1. The van der Waals surface area contributed by atoms with Crippen molar-refractivity contribution < 1.29 is 14.3 Å². The number of aromatic nitrogens is 2. The molecule has 0 aliphatic heterocycles. The third-order valence-corrected chi connectivity index (χ3v) is 8.01. The van der Waals surface area contributed by atoms with Crippen molar-refractivity contribution in [2.24, 2.45) is 5.73 Å². The highest BCUT2D eigenvalue weighted by Crippen LogP contribution is 2.48. The Bertz CT molecular complexity index is 894. The molecule has 0 bridgehead atoms. The van der Waals surface area contributed by atoms with Gasteiger partial charge in [0.1, 0.15) is 23.4 Å². The van der Waals surface area contributed by atoms with Crippen LogP contribution in [0.5, 0.6) is 5.88 Å². The second kappa shape index (κ2) is 9.16. The number of thiophene rings is 1. The summed E-state index contributed by atoms with van der Waals surface area (Å²) in [6, 6.07) is 0.648. The van der Waals surface area contributed by atoms with Crippen molar-refractivity contribution in [3.63, 3.8) is 0 Å². The molecule has 1 amide bonds. The van der Waals surface area contributed by atoms with Crippen LogP contribution < -0.4 is 10.5 Å². The van der Waals surface area contributed by atoms with Gasteiger partial charge in [-0.3, -0.25) is 4.79 Å². The topological polar surface area (TPSA) is 90.6 Å². The van der Waals surface area contributed by atoms with Gasteiger partial charge in [-0.15, -0.1) is 11.3 Å². The maximum Gasteiger partial charge on any atom is 0.246 e. The van der Waals surface area contributed by atoms with Gasteiger partial charge in [-0.2, -0.15) is 0 Å². The molecule has 0 saturated heterocycles. The van der Waals surface area contributed by atoms with E-state index < -0.39 is 12.0 Å². The zero-order valence-corrected chi connectivity index (χ0v) is 18.9. The third-order valence-electron chi connectivity index (χ3n) is 6.84. The maximum atomic E-state index is 11.7. The van der Waals surface area contributed by atoms with Gasteiger partial charge >= 0.3 is 0 Å². The zero-order chi connectivity index (χ0) is 21.3. The fourth-order valence-corrected chi connectivity index (χ4v) is 6.20. The van der Waals surface area contributed by atoms with E-state index in [9.17, 15) is 4.79 Å². The van der Waals surface area contributed by atoms with Gasteiger partial charge in [0.2, 0.25) is 11.8 Å². The summed E-state index contributed by atoms with van der Waals surface area (Å²) in [5, 5.41) is 1.03. The molecule has 2 atom stereocenters. The van der Waals surface area contributed by atoms with Gasteiger partial charge in [-0.25, -0.2) is 9.97 Å². The molecule has 2 aliphatic rings. The molecule has 8 heteroatoms. The lowest BCUT2D eigenvalue weighted by atomic mass is 9.92. The van der Waals surface area contributed by atoms with Crippen LogP contribution in [-0.2, 0) is 16.0 Å². The summed E-state index contributed by atoms with van der Waals surface area (Å²) < 4.78 is 11.8. The Morgan fingerprint density at radius 1 is 1.30 bits per heavy atom. The second-order valence-electron chi connectivity index (χ2n) is 8.52. The molecular weight excluding hydrogens is 400 g/mol. The molecule has 0 unspecified atom stereocenters. The summed E-state index contributed by atoms with van der Waals surface area (Å²) in [4.78, 5) is 25.5. The van der Waals surface area contributed by atoms with Crippen molar-refractivity contribution in [2.75, 3.05) is 20.7 Å². The van der Waals surface area contributed by atoms with Crippen LogP contribution in [0.15, 0.2) is 6.33 Å². The van der Waals surface area contributed by atoms with Crippen LogP contribution in [0.3, 0.4) is 0 Å². The standard InChI is InChI=1S/C22H32N4O3S/c1-4-26(2)14-6-8-15(9-7-14)29-21-19-18-13(11-16(28-3)20(23)27)5-10-17(18)30-22(19)25-12-24-21/h12-16H,4-11H2,1-3H3,(H2,23,27)/t13-,14?,15?,16+/m1/s1. The molecule has 2 aromatic rings. The molecule has 2 aliphatic carbocycles. The Kier molecular flexibility index (Phi) is 6.55. The molecule has 2 heterocycles. The number of methoxy groups -OCH3 is 1. The first-order valence-corrected chi connectivity index (χ1v) is 11.8. The fraction of sp³-hybridized carbons (Fsp3) is 0.682. The zero-order valence-electron chi connectivity index (χ0n) is 18.1. The molecule has 4 rings (SSSR count). The van der Waals surface area contributed by atoms with Gasteiger partial charge in [0.25, 0.3) is 0 Å². The van der Waals surface area contributed by atoms with Crippen LogP contribution in [0.2, 0.25) is 0 Å². The monoisotopic (exact) mass is 432 g/mol. The van der Waals surface area contributed by atoms with Gasteiger partial charge in [-0.1, -0.05) is 6.92 Å². The van der Waals surface area contributed by atoms with Crippen molar-refractivity contribution in [1.29, 1.82) is 0 Å². The number of primary amides is 1. The summed E-state index contributed by atoms with van der Waals surface area (Å²) >= 11 is 1.72. The van der Waals surface area contributed by atoms with E-state index in [4.69, 9.17) is 15.2 Å². The van der Waals surface area contributed by atoms with Crippen LogP contribution in [0, 0.1) is 0 Å². The molecule has 30 heavy (non-hydrogen) atoms. The Morgan fingerprint density at radius 2 is 2.07 bits per heavy atom. The highest BCUT2D eigenvalue weighted by Gasteiger charge is 2.34. The largest absolute Gasteiger partial charge is 0.474 e. The Balaban J connectivity index is 1.55. The highest BCUT2D eigenvalue weighted by molar-refractivity contribution is 7.19. The highest BCUT2D eigenvalue weighted by atomic mass is 32.1. The van der Waals surface area contributed by atoms with Crippen molar-refractivity contribution >= 4 is 27.5 Å². The Labute approximate surface area is 182 Å². The number of carbonyl (C=O) groups is 1. The summed E-state index contributed by atoms with van der Waals surface area (Å²) in [6.07, 6.45) is 8.20. The van der Waals surface area contributed by atoms with Gasteiger partial charge in [0, 0.05) is 18.0 Å². The van der Waals surface area contributed by atoms with Crippen molar-refractivity contribution in [2.45, 2.75) is 76.0 Å². The van der Waals surface area contributed by atoms with Crippen molar-refractivity contribution in [3.05, 3.63) is 16.8 Å². The molecule has 164 valence electrons. The summed E-state index contributed by atoms with van der Waals surface area (Å²) in [7, 11) is 3.74. The predicted octanol–water partition coefficient (Wildman–Crippen LogP) is 3.25. The molecule has 0 spiro atoms. The van der Waals surface area contributed by atoms with E-state index in [1.54, 1.807) is 24.8 Å². The quantitative estimate of drug-likeness (QED) is 0.689. The van der Waals surface area contributed by atoms with Gasteiger partial charge in [0.05, 0.1) is 5.39 Å². The van der Waals surface area contributed by atoms with E-state index in [1.807, 2.05) is 0 Å². The summed E-state index contributed by atoms with van der Waals surface area (Å²) in [6.45, 7) is 3.29. The van der Waals surface area contributed by atoms with Gasteiger partial charge in [-0.05, 0) is 70.0 Å². The normalized spacial score (nSPS) is 24.9. The minimum atomic E-state index is -0.573. The number of fused-ring (bicyclic) bond motifs is 3. The predicted molar refractivity (Wildman–Crippen MR) is 118 cm³/mol. The maximum absolute atomic E-state index is 11.7. The minimum Gasteiger partial charge on any atom is -0.474 e. The number of hydrogen-bond donors (Lipinski definition) is 1. The van der Waals surface area contributed by atoms with E-state index in [0.717, 1.165) is 55.3 Å². The lowest BCUT2D eigenvalue weighted by Gasteiger charge is -2.34. The van der Waals surface area contributed by atoms with Crippen LogP contribution in [0.4, 0.5) is 0 Å². The number of hydrogen-bond acceptors (Lipinski definition) is 7. The smallest absolute Gasteiger partial charge is 0.246 e. The molecule has 1 fully saturated rings. The molecule has 7 nitrogen and oxygen atoms in total. The Morgan fingerprint density at radius 3 is 2.73 bits per heavy atom. The number of nitrogens with zero attached hydrogens (tertiary/aromatic N) is 3. The number of amides is 1. The summed E-state index contributed by atoms with van der Waals surface area (Å²) in [5.41, 5.74) is 6.76. The lowest BCUT2D eigenvalue weighted by molar-refractivity contribution is -0.128.